The fourth-order valence-electron chi connectivity index (χ4n) is 3.11. The number of halogens is 2. The van der Waals surface area contributed by atoms with Crippen LogP contribution in [0.2, 0.25) is 5.02 Å². The summed E-state index contributed by atoms with van der Waals surface area (Å²) in [4.78, 5) is 38.7. The van der Waals surface area contributed by atoms with E-state index in [-0.39, 0.29) is 0 Å². The average Bonchev–Trinajstić information content (AvgIpc) is 2.67. The van der Waals surface area contributed by atoms with Crippen molar-refractivity contribution >= 4 is 51.5 Å². The summed E-state index contributed by atoms with van der Waals surface area (Å²) < 4.78 is 25.5. The van der Waals surface area contributed by atoms with Gasteiger partial charge in [-0.3, -0.25) is 23.5 Å². The van der Waals surface area contributed by atoms with Crippen LogP contribution in [-0.2, 0) is 25.2 Å². The minimum absolute atomic E-state index is 0.337. The minimum Gasteiger partial charge on any atom is -0.368 e. The summed E-state index contributed by atoms with van der Waals surface area (Å²) in [5.41, 5.74) is 5.60. The molecule has 3 N–H and O–H groups in total. The molecule has 2 aromatic carbocycles. The molecule has 0 saturated carbocycles. The maximum atomic E-state index is 13.1. The average molecular weight is 482 g/mol. The Kier molecular flexibility index (Phi) is 8.51. The predicted molar refractivity (Wildman–Crippen MR) is 124 cm³/mol. The lowest BCUT2D eigenvalue weighted by atomic mass is 9.84. The highest BCUT2D eigenvalue weighted by atomic mass is 35.5. The highest BCUT2D eigenvalue weighted by molar-refractivity contribution is 7.86. The molecule has 2 aromatic rings. The van der Waals surface area contributed by atoms with E-state index in [1.807, 2.05) is 0 Å². The number of nitrogens with one attached hydrogen (secondary N) is 1. The van der Waals surface area contributed by atoms with Crippen molar-refractivity contribution in [2.24, 2.45) is 11.1 Å². The Morgan fingerprint density at radius 2 is 1.62 bits per heavy atom. The van der Waals surface area contributed by atoms with E-state index in [1.165, 1.54) is 29.2 Å². The normalized spacial score (nSPS) is 13.2. The number of hydrogen-bond donors (Lipinski definition) is 2. The molecule has 10 heteroatoms. The highest BCUT2D eigenvalue weighted by Gasteiger charge is 2.39. The van der Waals surface area contributed by atoms with Crippen LogP contribution in [0, 0.1) is 11.2 Å². The summed E-state index contributed by atoms with van der Waals surface area (Å²) >= 11 is 5.94. The van der Waals surface area contributed by atoms with Gasteiger partial charge in [0.15, 0.2) is 0 Å². The van der Waals surface area contributed by atoms with Crippen LogP contribution in [0.4, 0.5) is 15.8 Å². The lowest BCUT2D eigenvalue weighted by molar-refractivity contribution is -0.125. The summed E-state index contributed by atoms with van der Waals surface area (Å²) in [5, 5.41) is 2.93. The standard InChI is InChI=1S/C22H25ClFN3O4S/c1-22(2,3)20(21(25)30)27(17-10-4-14(23)5-11-17)19(29)13-32(31)12-18(28)26-16-8-6-15(24)7-9-16/h4-11,20H,12-13H2,1-3H3,(H2,25,30)(H,26,28). The molecule has 0 aliphatic rings. The van der Waals surface area contributed by atoms with Crippen LogP contribution in [0.5, 0.6) is 0 Å². The number of amides is 3. The Hall–Kier alpha value is -2.78. The lowest BCUT2D eigenvalue weighted by Gasteiger charge is -2.38. The van der Waals surface area contributed by atoms with Crippen molar-refractivity contribution in [1.29, 1.82) is 0 Å². The van der Waals surface area contributed by atoms with Gasteiger partial charge in [0.25, 0.3) is 0 Å². The van der Waals surface area contributed by atoms with Crippen molar-refractivity contribution in [2.45, 2.75) is 26.8 Å². The molecule has 0 aliphatic heterocycles. The molecule has 2 rings (SSSR count). The van der Waals surface area contributed by atoms with E-state index in [4.69, 9.17) is 17.3 Å². The lowest BCUT2D eigenvalue weighted by Crippen LogP contribution is -2.56. The number of primary amides is 1. The topological polar surface area (TPSA) is 110 Å². The Morgan fingerprint density at radius 3 is 2.12 bits per heavy atom. The Bertz CT molecular complexity index is 1010. The molecular formula is C22H25ClFN3O4S. The molecule has 0 heterocycles. The molecule has 3 amide bonds. The number of anilines is 2. The first kappa shape index (κ1) is 25.5. The van der Waals surface area contributed by atoms with Gasteiger partial charge in [0.1, 0.15) is 23.4 Å². The number of benzene rings is 2. The number of nitrogens with two attached hydrogens (primary N) is 1. The first-order chi connectivity index (χ1) is 14.9. The van der Waals surface area contributed by atoms with E-state index in [9.17, 15) is 23.0 Å². The molecule has 0 aliphatic carbocycles. The van der Waals surface area contributed by atoms with Crippen molar-refractivity contribution in [3.63, 3.8) is 0 Å². The first-order valence-electron chi connectivity index (χ1n) is 9.66. The van der Waals surface area contributed by atoms with Gasteiger partial charge in [0, 0.05) is 27.2 Å². The molecule has 0 saturated heterocycles. The zero-order chi connectivity index (χ0) is 24.1. The highest BCUT2D eigenvalue weighted by Crippen LogP contribution is 2.30. The number of hydrogen-bond acceptors (Lipinski definition) is 4. The largest absolute Gasteiger partial charge is 0.368 e. The SMILES string of the molecule is CC(C)(C)C(C(N)=O)N(C(=O)CS(=O)CC(=O)Nc1ccc(F)cc1)c1ccc(Cl)cc1. The molecule has 0 spiro atoms. The number of carbonyl (C=O) groups is 3. The summed E-state index contributed by atoms with van der Waals surface area (Å²) in [6, 6.07) is 10.3. The van der Waals surface area contributed by atoms with E-state index in [1.54, 1.807) is 45.0 Å². The monoisotopic (exact) mass is 481 g/mol. The molecule has 2 atom stereocenters. The van der Waals surface area contributed by atoms with Gasteiger partial charge in [-0.15, -0.1) is 0 Å². The van der Waals surface area contributed by atoms with Crippen molar-refractivity contribution in [3.05, 3.63) is 59.4 Å². The third kappa shape index (κ3) is 7.13. The maximum absolute atomic E-state index is 13.1. The molecule has 7 nitrogen and oxygen atoms in total. The van der Waals surface area contributed by atoms with Crippen LogP contribution >= 0.6 is 11.6 Å². The van der Waals surface area contributed by atoms with Gasteiger partial charge in [0.05, 0.1) is 0 Å². The summed E-state index contributed by atoms with van der Waals surface area (Å²) in [7, 11) is -1.87. The number of carbonyl (C=O) groups excluding carboxylic acids is 3. The van der Waals surface area contributed by atoms with Gasteiger partial charge in [-0.1, -0.05) is 32.4 Å². The zero-order valence-corrected chi connectivity index (χ0v) is 19.5. The van der Waals surface area contributed by atoms with Gasteiger partial charge < -0.3 is 11.1 Å². The maximum Gasteiger partial charge on any atom is 0.241 e. The Morgan fingerprint density at radius 1 is 1.06 bits per heavy atom. The molecule has 2 unspecified atom stereocenters. The molecule has 0 bridgehead atoms. The fraction of sp³-hybridized carbons (Fsp3) is 0.318. The zero-order valence-electron chi connectivity index (χ0n) is 17.9. The smallest absolute Gasteiger partial charge is 0.241 e. The minimum atomic E-state index is -1.87. The van der Waals surface area contributed by atoms with Crippen molar-refractivity contribution < 1.29 is 23.0 Å². The number of rotatable bonds is 8. The van der Waals surface area contributed by atoms with Crippen LogP contribution in [0.1, 0.15) is 20.8 Å². The predicted octanol–water partition coefficient (Wildman–Crippen LogP) is 3.10. The molecule has 172 valence electrons. The third-order valence-electron chi connectivity index (χ3n) is 4.43. The van der Waals surface area contributed by atoms with Gasteiger partial charge in [-0.05, 0) is 53.9 Å². The molecule has 32 heavy (non-hydrogen) atoms. The van der Waals surface area contributed by atoms with E-state index < -0.39 is 57.3 Å². The molecular weight excluding hydrogens is 457 g/mol. The van der Waals surface area contributed by atoms with E-state index >= 15 is 0 Å². The van der Waals surface area contributed by atoms with Gasteiger partial charge in [-0.25, -0.2) is 4.39 Å². The van der Waals surface area contributed by atoms with E-state index in [0.29, 0.717) is 16.4 Å². The van der Waals surface area contributed by atoms with Crippen LogP contribution in [0.25, 0.3) is 0 Å². The summed E-state index contributed by atoms with van der Waals surface area (Å²) in [6.07, 6.45) is 0. The van der Waals surface area contributed by atoms with Crippen LogP contribution < -0.4 is 16.0 Å². The second-order valence-electron chi connectivity index (χ2n) is 8.19. The van der Waals surface area contributed by atoms with Crippen LogP contribution in [-0.4, -0.2) is 39.5 Å². The first-order valence-corrected chi connectivity index (χ1v) is 11.5. The quantitative estimate of drug-likeness (QED) is 0.603. The van der Waals surface area contributed by atoms with E-state index in [0.717, 1.165) is 0 Å². The fourth-order valence-corrected chi connectivity index (χ4v) is 4.12. The second-order valence-corrected chi connectivity index (χ2v) is 10.1. The van der Waals surface area contributed by atoms with Gasteiger partial charge in [0.2, 0.25) is 17.7 Å². The second kappa shape index (κ2) is 10.7. The van der Waals surface area contributed by atoms with E-state index in [2.05, 4.69) is 5.32 Å². The molecule has 0 fully saturated rings. The molecule has 0 aromatic heterocycles. The summed E-state index contributed by atoms with van der Waals surface area (Å²) in [5.74, 6) is -3.35. The molecule has 0 radical (unpaired) electrons. The third-order valence-corrected chi connectivity index (χ3v) is 5.83. The van der Waals surface area contributed by atoms with Crippen molar-refractivity contribution in [2.75, 3.05) is 21.7 Å². The Balaban J connectivity index is 2.18. The summed E-state index contributed by atoms with van der Waals surface area (Å²) in [6.45, 7) is 5.27. The Labute approximate surface area is 193 Å². The van der Waals surface area contributed by atoms with Crippen molar-refractivity contribution in [1.82, 2.24) is 0 Å². The number of nitrogens with zero attached hydrogens (tertiary/aromatic N) is 1. The van der Waals surface area contributed by atoms with Gasteiger partial charge in [-0.2, -0.15) is 0 Å². The van der Waals surface area contributed by atoms with Crippen molar-refractivity contribution in [3.8, 4) is 0 Å². The van der Waals surface area contributed by atoms with Gasteiger partial charge >= 0.3 is 0 Å². The van der Waals surface area contributed by atoms with Crippen LogP contribution in [0.15, 0.2) is 48.5 Å². The van der Waals surface area contributed by atoms with Crippen LogP contribution in [0.3, 0.4) is 0 Å².